The van der Waals surface area contributed by atoms with Crippen molar-refractivity contribution in [2.45, 2.75) is 125 Å². The van der Waals surface area contributed by atoms with Crippen LogP contribution in [0.15, 0.2) is 22.3 Å². The van der Waals surface area contributed by atoms with Crippen LogP contribution in [0.4, 0.5) is 0 Å². The second-order valence-electron chi connectivity index (χ2n) is 9.62. The third-order valence-electron chi connectivity index (χ3n) is 5.32. The number of unbranched alkanes of at least 4 members (excludes halogenated alkanes) is 3. The van der Waals surface area contributed by atoms with Gasteiger partial charge in [-0.2, -0.15) is 0 Å². The van der Waals surface area contributed by atoms with Gasteiger partial charge in [0.1, 0.15) is 0 Å². The molecule has 0 saturated carbocycles. The van der Waals surface area contributed by atoms with Crippen molar-refractivity contribution in [2.24, 2.45) is 0 Å². The molecule has 0 saturated heterocycles. The fourth-order valence-electron chi connectivity index (χ4n) is 3.96. The molecule has 0 aromatic rings. The van der Waals surface area contributed by atoms with E-state index in [1.807, 2.05) is 0 Å². The van der Waals surface area contributed by atoms with Crippen LogP contribution in [0.5, 0.6) is 0 Å². The number of hydrogen-bond acceptors (Lipinski definition) is 1. The van der Waals surface area contributed by atoms with Crippen molar-refractivity contribution in [3.05, 3.63) is 22.3 Å². The Morgan fingerprint density at radius 1 is 0.815 bits per heavy atom. The standard InChI is InChI=1S/C12H23OSi.3C4H9.Sn/c1-7-9-11-12(3,10-8-2)13-14(4,5)6;3*1-3-4-2;/h2,8-9,11H,7,10H2,1,3-6H3;3*1,3-4H2,2H3;. The van der Waals surface area contributed by atoms with Crippen LogP contribution in [-0.4, -0.2) is 32.3 Å². The van der Waals surface area contributed by atoms with Crippen molar-refractivity contribution in [2.75, 3.05) is 0 Å². The monoisotopic (exact) mass is 502 g/mol. The van der Waals surface area contributed by atoms with E-state index in [1.165, 1.54) is 38.5 Å². The quantitative estimate of drug-likeness (QED) is 0.152. The maximum absolute atomic E-state index is 6.61. The molecule has 0 aromatic heterocycles. The predicted octanol–water partition coefficient (Wildman–Crippen LogP) is 8.90. The van der Waals surface area contributed by atoms with E-state index in [0.29, 0.717) is 0 Å². The zero-order chi connectivity index (χ0) is 20.8. The average Bonchev–Trinajstić information content (AvgIpc) is 2.59. The number of allylic oxidation sites excluding steroid dienone is 1. The Hall–Kier alpha value is 0.456. The Kier molecular flexibility index (Phi) is 14.7. The first kappa shape index (κ1) is 27.5. The van der Waals surface area contributed by atoms with Gasteiger partial charge in [0, 0.05) is 0 Å². The summed E-state index contributed by atoms with van der Waals surface area (Å²) in [6, 6.07) is 0. The van der Waals surface area contributed by atoms with Crippen LogP contribution >= 0.6 is 0 Å². The second kappa shape index (κ2) is 14.4. The normalized spacial score (nSPS) is 15.7. The molecule has 1 unspecified atom stereocenters. The van der Waals surface area contributed by atoms with Crippen LogP contribution in [0.2, 0.25) is 33.0 Å². The first-order valence-electron chi connectivity index (χ1n) is 11.7. The van der Waals surface area contributed by atoms with E-state index in [4.69, 9.17) is 4.43 Å². The molecule has 27 heavy (non-hydrogen) atoms. The molecule has 0 N–H and O–H groups in total. The summed E-state index contributed by atoms with van der Waals surface area (Å²) in [5.41, 5.74) is -0.130. The summed E-state index contributed by atoms with van der Waals surface area (Å²) in [4.78, 5) is 0. The fourth-order valence-corrected chi connectivity index (χ4v) is 19.9. The predicted molar refractivity (Wildman–Crippen MR) is 131 cm³/mol. The summed E-state index contributed by atoms with van der Waals surface area (Å²) in [6.45, 7) is 18.5. The van der Waals surface area contributed by atoms with Gasteiger partial charge in [-0.1, -0.05) is 0 Å². The molecular weight excluding hydrogens is 451 g/mol. The van der Waals surface area contributed by atoms with Gasteiger partial charge in [0.2, 0.25) is 0 Å². The van der Waals surface area contributed by atoms with Crippen LogP contribution in [0.3, 0.4) is 0 Å². The van der Waals surface area contributed by atoms with Crippen LogP contribution in [-0.2, 0) is 4.43 Å². The van der Waals surface area contributed by atoms with Crippen molar-refractivity contribution in [1.82, 2.24) is 0 Å². The van der Waals surface area contributed by atoms with Crippen molar-refractivity contribution in [1.29, 1.82) is 0 Å². The SMILES string of the molecule is CCC=CC(C)(CC=[CH][Sn]([CH2]CCC)([CH2]CCC)[CH2]CCC)O[Si](C)(C)C. The fraction of sp³-hybridized carbons (Fsp3) is 0.833. The molecule has 0 heterocycles. The van der Waals surface area contributed by atoms with Crippen molar-refractivity contribution < 1.29 is 4.43 Å². The average molecular weight is 501 g/mol. The van der Waals surface area contributed by atoms with Crippen molar-refractivity contribution in [3.8, 4) is 0 Å². The van der Waals surface area contributed by atoms with Gasteiger partial charge >= 0.3 is 178 Å². The molecule has 0 aliphatic heterocycles. The first-order chi connectivity index (χ1) is 12.7. The zero-order valence-electron chi connectivity index (χ0n) is 20.0. The second-order valence-corrected chi connectivity index (χ2v) is 27.1. The van der Waals surface area contributed by atoms with E-state index in [1.54, 1.807) is 13.3 Å². The van der Waals surface area contributed by atoms with E-state index in [-0.39, 0.29) is 5.60 Å². The number of rotatable bonds is 16. The third-order valence-corrected chi connectivity index (χ3v) is 20.6. The molecule has 0 rings (SSSR count). The summed E-state index contributed by atoms with van der Waals surface area (Å²) >= 11 is -2.17. The van der Waals surface area contributed by atoms with Gasteiger partial charge in [0.15, 0.2) is 0 Å². The van der Waals surface area contributed by atoms with Gasteiger partial charge in [0.05, 0.1) is 0 Å². The van der Waals surface area contributed by atoms with Gasteiger partial charge in [0.25, 0.3) is 0 Å². The van der Waals surface area contributed by atoms with Gasteiger partial charge in [-0.3, -0.25) is 0 Å². The zero-order valence-corrected chi connectivity index (χ0v) is 23.8. The minimum absolute atomic E-state index is 0.130. The van der Waals surface area contributed by atoms with E-state index in [0.717, 1.165) is 12.8 Å². The molecule has 1 atom stereocenters. The van der Waals surface area contributed by atoms with E-state index < -0.39 is 26.7 Å². The van der Waals surface area contributed by atoms with Crippen LogP contribution in [0, 0.1) is 0 Å². The molecule has 0 aliphatic carbocycles. The van der Waals surface area contributed by atoms with Crippen molar-refractivity contribution in [3.63, 3.8) is 0 Å². The summed E-state index contributed by atoms with van der Waals surface area (Å²) in [5, 5.41) is 0. The van der Waals surface area contributed by atoms with Crippen LogP contribution in [0.1, 0.15) is 86.0 Å². The summed E-state index contributed by atoms with van der Waals surface area (Å²) < 4.78 is 14.1. The van der Waals surface area contributed by atoms with Gasteiger partial charge < -0.3 is 0 Å². The van der Waals surface area contributed by atoms with E-state index >= 15 is 0 Å². The molecule has 0 fully saturated rings. The summed E-state index contributed by atoms with van der Waals surface area (Å²) in [7, 11) is -1.57. The van der Waals surface area contributed by atoms with Crippen LogP contribution in [0.25, 0.3) is 0 Å². The van der Waals surface area contributed by atoms with Gasteiger partial charge in [-0.25, -0.2) is 0 Å². The molecule has 1 nitrogen and oxygen atoms in total. The number of hydrogen-bond donors (Lipinski definition) is 0. The molecular formula is C24H50OSiSn. The minimum atomic E-state index is -2.17. The van der Waals surface area contributed by atoms with Crippen molar-refractivity contribution >= 4 is 26.7 Å². The molecule has 0 radical (unpaired) electrons. The Balaban J connectivity index is 5.41. The Labute approximate surface area is 177 Å². The third kappa shape index (κ3) is 13.3. The molecule has 0 bridgehead atoms. The maximum atomic E-state index is 6.61. The van der Waals surface area contributed by atoms with E-state index in [9.17, 15) is 0 Å². The van der Waals surface area contributed by atoms with Crippen LogP contribution < -0.4 is 0 Å². The first-order valence-corrected chi connectivity index (χ1v) is 22.8. The molecule has 0 aliphatic rings. The van der Waals surface area contributed by atoms with E-state index in [2.05, 4.69) is 76.6 Å². The molecule has 0 aromatic carbocycles. The Morgan fingerprint density at radius 2 is 1.30 bits per heavy atom. The molecule has 3 heteroatoms. The molecule has 0 spiro atoms. The summed E-state index contributed by atoms with van der Waals surface area (Å²) in [6.07, 6.45) is 17.6. The Bertz CT molecular complexity index is 403. The Morgan fingerprint density at radius 3 is 1.67 bits per heavy atom. The topological polar surface area (TPSA) is 9.23 Å². The molecule has 160 valence electrons. The van der Waals surface area contributed by atoms with Gasteiger partial charge in [-0.15, -0.1) is 0 Å². The molecule has 0 amide bonds. The van der Waals surface area contributed by atoms with Gasteiger partial charge in [-0.05, 0) is 0 Å². The summed E-state index contributed by atoms with van der Waals surface area (Å²) in [5.74, 6) is 0.